The summed E-state index contributed by atoms with van der Waals surface area (Å²) in [4.78, 5) is 33.6. The van der Waals surface area contributed by atoms with Crippen LogP contribution in [-0.4, -0.2) is 33.0 Å². The molecule has 0 saturated heterocycles. The Morgan fingerprint density at radius 3 is 2.68 bits per heavy atom. The molecule has 0 aliphatic carbocycles. The van der Waals surface area contributed by atoms with E-state index >= 15 is 0 Å². The van der Waals surface area contributed by atoms with Crippen molar-refractivity contribution in [3.8, 4) is 11.3 Å². The summed E-state index contributed by atoms with van der Waals surface area (Å²) in [5, 5.41) is 0. The quantitative estimate of drug-likeness (QED) is 0.540. The Bertz CT molecular complexity index is 948. The maximum absolute atomic E-state index is 12.2. The van der Waals surface area contributed by atoms with Gasteiger partial charge in [0.25, 0.3) is 0 Å². The third-order valence-corrected chi connectivity index (χ3v) is 3.84. The topological polar surface area (TPSA) is 76.8 Å². The molecule has 0 aliphatic heterocycles. The molecule has 0 spiro atoms. The van der Waals surface area contributed by atoms with Gasteiger partial charge in [0.2, 0.25) is 5.91 Å². The molecule has 0 aliphatic rings. The van der Waals surface area contributed by atoms with Crippen LogP contribution in [-0.2, 0) is 14.3 Å². The minimum atomic E-state index is -0.459. The first-order valence-electron chi connectivity index (χ1n) is 7.78. The lowest BCUT2D eigenvalue weighted by Crippen LogP contribution is -2.33. The highest BCUT2D eigenvalue weighted by atomic mass is 16.5. The molecule has 3 rings (SSSR count). The van der Waals surface area contributed by atoms with Crippen molar-refractivity contribution in [2.24, 2.45) is 0 Å². The summed E-state index contributed by atoms with van der Waals surface area (Å²) < 4.78 is 6.83. The van der Waals surface area contributed by atoms with Crippen LogP contribution in [0.25, 0.3) is 16.9 Å². The van der Waals surface area contributed by atoms with Crippen molar-refractivity contribution in [1.82, 2.24) is 14.4 Å². The number of rotatable bonds is 4. The van der Waals surface area contributed by atoms with E-state index in [9.17, 15) is 9.59 Å². The van der Waals surface area contributed by atoms with Gasteiger partial charge in [-0.1, -0.05) is 24.3 Å². The standard InChI is InChI=1S/C18H18N4O3/c1-12-6-4-5-7-15(12)17-18(21-9-8-19-10-16(21)20-17)22(13(2)23)11-25-14(3)24/h4-10H,11H2,1-3H3. The fraction of sp³-hybridized carbons (Fsp3) is 0.222. The number of fused-ring (bicyclic) bond motifs is 1. The normalized spacial score (nSPS) is 10.7. The molecule has 7 heteroatoms. The third kappa shape index (κ3) is 3.21. The lowest BCUT2D eigenvalue weighted by Gasteiger charge is -2.21. The van der Waals surface area contributed by atoms with E-state index in [0.29, 0.717) is 17.2 Å². The average Bonchev–Trinajstić information content (AvgIpc) is 2.94. The Morgan fingerprint density at radius 1 is 1.24 bits per heavy atom. The number of ether oxygens (including phenoxy) is 1. The summed E-state index contributed by atoms with van der Waals surface area (Å²) in [6.45, 7) is 4.52. The Kier molecular flexibility index (Phi) is 4.47. The van der Waals surface area contributed by atoms with Crippen LogP contribution in [0.2, 0.25) is 0 Å². The molecule has 1 aromatic carbocycles. The molecule has 25 heavy (non-hydrogen) atoms. The van der Waals surface area contributed by atoms with Crippen LogP contribution in [0.3, 0.4) is 0 Å². The van der Waals surface area contributed by atoms with Crippen LogP contribution in [0.15, 0.2) is 42.9 Å². The molecule has 7 nitrogen and oxygen atoms in total. The first-order chi connectivity index (χ1) is 12.0. The second kappa shape index (κ2) is 6.72. The number of esters is 1. The largest absolute Gasteiger partial charge is 0.444 e. The predicted molar refractivity (Wildman–Crippen MR) is 93.0 cm³/mol. The van der Waals surface area contributed by atoms with Crippen molar-refractivity contribution in [1.29, 1.82) is 0 Å². The predicted octanol–water partition coefficient (Wildman–Crippen LogP) is 2.58. The first kappa shape index (κ1) is 16.6. The van der Waals surface area contributed by atoms with Gasteiger partial charge in [0.1, 0.15) is 5.69 Å². The molecule has 128 valence electrons. The number of anilines is 1. The Hall–Kier alpha value is -3.22. The van der Waals surface area contributed by atoms with Crippen molar-refractivity contribution in [3.63, 3.8) is 0 Å². The zero-order valence-corrected chi connectivity index (χ0v) is 14.3. The third-order valence-electron chi connectivity index (χ3n) is 3.84. The Labute approximate surface area is 144 Å². The van der Waals surface area contributed by atoms with Crippen molar-refractivity contribution in [2.75, 3.05) is 11.6 Å². The summed E-state index contributed by atoms with van der Waals surface area (Å²) in [6.07, 6.45) is 4.96. The maximum atomic E-state index is 12.2. The van der Waals surface area contributed by atoms with Crippen molar-refractivity contribution >= 4 is 23.3 Å². The highest BCUT2D eigenvalue weighted by Gasteiger charge is 2.24. The summed E-state index contributed by atoms with van der Waals surface area (Å²) >= 11 is 0. The van der Waals surface area contributed by atoms with E-state index in [1.165, 1.54) is 18.7 Å². The zero-order valence-electron chi connectivity index (χ0n) is 14.3. The van der Waals surface area contributed by atoms with E-state index in [4.69, 9.17) is 4.74 Å². The van der Waals surface area contributed by atoms with Crippen molar-refractivity contribution < 1.29 is 14.3 Å². The van der Waals surface area contributed by atoms with Gasteiger partial charge in [0, 0.05) is 31.8 Å². The summed E-state index contributed by atoms with van der Waals surface area (Å²) in [5.41, 5.74) is 3.16. The maximum Gasteiger partial charge on any atom is 0.304 e. The molecule has 0 atom stereocenters. The van der Waals surface area contributed by atoms with Crippen molar-refractivity contribution in [3.05, 3.63) is 48.4 Å². The molecular weight excluding hydrogens is 320 g/mol. The number of hydrogen-bond donors (Lipinski definition) is 0. The van der Waals surface area contributed by atoms with Crippen LogP contribution in [0.5, 0.6) is 0 Å². The van der Waals surface area contributed by atoms with Gasteiger partial charge < -0.3 is 4.74 Å². The van der Waals surface area contributed by atoms with Crippen LogP contribution in [0.1, 0.15) is 19.4 Å². The molecule has 2 heterocycles. The van der Waals surface area contributed by atoms with Gasteiger partial charge in [-0.25, -0.2) is 4.98 Å². The molecule has 0 radical (unpaired) electrons. The van der Waals surface area contributed by atoms with E-state index in [1.54, 1.807) is 23.0 Å². The van der Waals surface area contributed by atoms with Crippen LogP contribution >= 0.6 is 0 Å². The minimum absolute atomic E-state index is 0.181. The zero-order chi connectivity index (χ0) is 18.0. The van der Waals surface area contributed by atoms with Crippen LogP contribution < -0.4 is 4.90 Å². The molecule has 3 aromatic rings. The Morgan fingerprint density at radius 2 is 2.00 bits per heavy atom. The van der Waals surface area contributed by atoms with Gasteiger partial charge in [-0.15, -0.1) is 0 Å². The monoisotopic (exact) mass is 338 g/mol. The number of hydrogen-bond acceptors (Lipinski definition) is 5. The number of aryl methyl sites for hydroxylation is 1. The molecule has 0 bridgehead atoms. The van der Waals surface area contributed by atoms with Gasteiger partial charge in [0.15, 0.2) is 18.2 Å². The summed E-state index contributed by atoms with van der Waals surface area (Å²) in [6, 6.07) is 7.78. The number of amides is 1. The fourth-order valence-corrected chi connectivity index (χ4v) is 2.63. The molecular formula is C18H18N4O3. The highest BCUT2D eigenvalue weighted by Crippen LogP contribution is 2.33. The van der Waals surface area contributed by atoms with E-state index in [1.807, 2.05) is 31.2 Å². The van der Waals surface area contributed by atoms with Gasteiger partial charge in [-0.05, 0) is 12.5 Å². The van der Waals surface area contributed by atoms with Gasteiger partial charge in [0.05, 0.1) is 6.20 Å². The molecule has 0 fully saturated rings. The second-order valence-corrected chi connectivity index (χ2v) is 5.62. The molecule has 0 saturated carbocycles. The van der Waals surface area contributed by atoms with Gasteiger partial charge in [-0.2, -0.15) is 0 Å². The van der Waals surface area contributed by atoms with Crippen LogP contribution in [0.4, 0.5) is 5.82 Å². The number of carbonyl (C=O) groups excluding carboxylic acids is 2. The number of imidazole rings is 1. The van der Waals surface area contributed by atoms with E-state index in [2.05, 4.69) is 9.97 Å². The average molecular weight is 338 g/mol. The SMILES string of the molecule is CC(=O)OCN(C(C)=O)c1c(-c2ccccc2C)nc2cnccn12. The highest BCUT2D eigenvalue weighted by molar-refractivity contribution is 5.95. The number of nitrogens with zero attached hydrogens (tertiary/aromatic N) is 4. The molecule has 0 N–H and O–H groups in total. The second-order valence-electron chi connectivity index (χ2n) is 5.62. The van der Waals surface area contributed by atoms with Crippen LogP contribution in [0, 0.1) is 6.92 Å². The van der Waals surface area contributed by atoms with Gasteiger partial charge in [-0.3, -0.25) is 23.9 Å². The fourth-order valence-electron chi connectivity index (χ4n) is 2.63. The lowest BCUT2D eigenvalue weighted by atomic mass is 10.1. The minimum Gasteiger partial charge on any atom is -0.444 e. The summed E-state index contributed by atoms with van der Waals surface area (Å²) in [5.74, 6) is -0.172. The van der Waals surface area contributed by atoms with E-state index < -0.39 is 5.97 Å². The Balaban J connectivity index is 2.24. The number of benzene rings is 1. The molecule has 0 unspecified atom stereocenters. The van der Waals surface area contributed by atoms with Crippen molar-refractivity contribution in [2.45, 2.75) is 20.8 Å². The number of aromatic nitrogens is 3. The summed E-state index contributed by atoms with van der Waals surface area (Å²) in [7, 11) is 0. The molecule has 1 amide bonds. The van der Waals surface area contributed by atoms with Gasteiger partial charge >= 0.3 is 5.97 Å². The number of carbonyl (C=O) groups is 2. The lowest BCUT2D eigenvalue weighted by molar-refractivity contribution is -0.141. The smallest absolute Gasteiger partial charge is 0.304 e. The van der Waals surface area contributed by atoms with E-state index in [0.717, 1.165) is 11.1 Å². The first-order valence-corrected chi connectivity index (χ1v) is 7.78. The molecule has 2 aromatic heterocycles. The van der Waals surface area contributed by atoms with E-state index in [-0.39, 0.29) is 12.6 Å².